The molecule has 0 bridgehead atoms. The second-order valence-electron chi connectivity index (χ2n) is 6.54. The fourth-order valence-corrected chi connectivity index (χ4v) is 2.93. The second-order valence-corrected chi connectivity index (χ2v) is 6.54. The quantitative estimate of drug-likeness (QED) is 0.590. The van der Waals surface area contributed by atoms with Gasteiger partial charge in [-0.2, -0.15) is 5.26 Å². The van der Waals surface area contributed by atoms with E-state index in [9.17, 15) is 18.8 Å². The van der Waals surface area contributed by atoms with Crippen LogP contribution in [0.2, 0.25) is 0 Å². The Morgan fingerprint density at radius 2 is 1.97 bits per heavy atom. The molecule has 3 rings (SSSR count). The zero-order valence-electron chi connectivity index (χ0n) is 15.9. The van der Waals surface area contributed by atoms with Crippen LogP contribution in [0.3, 0.4) is 0 Å². The van der Waals surface area contributed by atoms with E-state index in [-0.39, 0.29) is 12.1 Å². The summed E-state index contributed by atoms with van der Waals surface area (Å²) in [6.07, 6.45) is 1.44. The average molecular weight is 394 g/mol. The Morgan fingerprint density at radius 1 is 1.14 bits per heavy atom. The molecule has 0 spiro atoms. The summed E-state index contributed by atoms with van der Waals surface area (Å²) in [5.41, 5.74) is 2.22. The lowest BCUT2D eigenvalue weighted by atomic mass is 10.1. The standard InChI is InChI=1S/C22H20F2N4O/c1-2-14-4-7-20-15(10-14)11-16(13-25)21(28-20)26-8-3-9-27-22(29)18-6-5-17(23)12-19(18)24/h4-7,10-12H,2-3,8-9H2,1H3,(H,26,28)(H,27,29). The monoisotopic (exact) mass is 394 g/mol. The van der Waals surface area contributed by atoms with Crippen molar-refractivity contribution >= 4 is 22.6 Å². The second kappa shape index (κ2) is 9.11. The van der Waals surface area contributed by atoms with E-state index in [1.165, 1.54) is 5.56 Å². The number of pyridine rings is 1. The maximum atomic E-state index is 13.6. The van der Waals surface area contributed by atoms with Gasteiger partial charge in [-0.15, -0.1) is 0 Å². The Labute approximate surface area is 167 Å². The Morgan fingerprint density at radius 3 is 2.69 bits per heavy atom. The summed E-state index contributed by atoms with van der Waals surface area (Å²) < 4.78 is 26.5. The number of nitrogens with one attached hydrogen (secondary N) is 2. The number of carbonyl (C=O) groups is 1. The third-order valence-corrected chi connectivity index (χ3v) is 4.52. The van der Waals surface area contributed by atoms with Crippen molar-refractivity contribution in [3.8, 4) is 6.07 Å². The highest BCUT2D eigenvalue weighted by Gasteiger charge is 2.12. The maximum absolute atomic E-state index is 13.6. The minimum Gasteiger partial charge on any atom is -0.369 e. The van der Waals surface area contributed by atoms with E-state index in [0.717, 1.165) is 29.5 Å². The van der Waals surface area contributed by atoms with Crippen molar-refractivity contribution in [2.24, 2.45) is 0 Å². The van der Waals surface area contributed by atoms with Gasteiger partial charge >= 0.3 is 0 Å². The van der Waals surface area contributed by atoms with E-state index in [0.29, 0.717) is 30.4 Å². The summed E-state index contributed by atoms with van der Waals surface area (Å²) in [5, 5.41) is 16.0. The number of nitrogens with zero attached hydrogens (tertiary/aromatic N) is 2. The average Bonchev–Trinajstić information content (AvgIpc) is 2.72. The number of fused-ring (bicyclic) bond motifs is 1. The van der Waals surface area contributed by atoms with E-state index in [1.807, 2.05) is 24.3 Å². The number of benzene rings is 2. The van der Waals surface area contributed by atoms with E-state index in [4.69, 9.17) is 0 Å². The largest absolute Gasteiger partial charge is 0.369 e. The molecule has 1 heterocycles. The van der Waals surface area contributed by atoms with E-state index >= 15 is 0 Å². The van der Waals surface area contributed by atoms with E-state index < -0.39 is 17.5 Å². The van der Waals surface area contributed by atoms with Gasteiger partial charge in [0.1, 0.15) is 23.5 Å². The molecule has 29 heavy (non-hydrogen) atoms. The molecule has 3 aromatic rings. The third-order valence-electron chi connectivity index (χ3n) is 4.52. The van der Waals surface area contributed by atoms with E-state index in [1.54, 1.807) is 0 Å². The summed E-state index contributed by atoms with van der Waals surface area (Å²) in [4.78, 5) is 16.5. The topological polar surface area (TPSA) is 77.8 Å². The van der Waals surface area contributed by atoms with Gasteiger partial charge in [0.05, 0.1) is 16.6 Å². The van der Waals surface area contributed by atoms with Crippen LogP contribution in [0.5, 0.6) is 0 Å². The molecule has 1 amide bonds. The molecule has 0 fully saturated rings. The van der Waals surface area contributed by atoms with Crippen LogP contribution in [0.1, 0.15) is 34.8 Å². The number of hydrogen-bond donors (Lipinski definition) is 2. The summed E-state index contributed by atoms with van der Waals surface area (Å²) in [7, 11) is 0. The van der Waals surface area contributed by atoms with Crippen LogP contribution in [0.15, 0.2) is 42.5 Å². The number of hydrogen-bond acceptors (Lipinski definition) is 4. The van der Waals surface area contributed by atoms with Gasteiger partial charge < -0.3 is 10.6 Å². The van der Waals surface area contributed by atoms with Crippen molar-refractivity contribution in [3.05, 3.63) is 70.8 Å². The van der Waals surface area contributed by atoms with Crippen LogP contribution in [-0.4, -0.2) is 24.0 Å². The molecule has 148 valence electrons. The number of carbonyl (C=O) groups excluding carboxylic acids is 1. The van der Waals surface area contributed by atoms with Crippen molar-refractivity contribution in [2.45, 2.75) is 19.8 Å². The predicted octanol–water partition coefficient (Wildman–Crippen LogP) is 4.18. The minimum atomic E-state index is -0.897. The van der Waals surface area contributed by atoms with Crippen LogP contribution in [0.25, 0.3) is 10.9 Å². The Balaban J connectivity index is 1.57. The summed E-state index contributed by atoms with van der Waals surface area (Å²) >= 11 is 0. The molecular weight excluding hydrogens is 374 g/mol. The summed E-state index contributed by atoms with van der Waals surface area (Å²) in [5.74, 6) is -1.74. The van der Waals surface area contributed by atoms with Gasteiger partial charge in [-0.05, 0) is 48.7 Å². The van der Waals surface area contributed by atoms with Gasteiger partial charge in [0.2, 0.25) is 0 Å². The molecule has 0 atom stereocenters. The van der Waals surface area contributed by atoms with Gasteiger partial charge in [0, 0.05) is 24.5 Å². The number of aromatic nitrogens is 1. The third kappa shape index (κ3) is 4.85. The number of amides is 1. The molecule has 0 aliphatic heterocycles. The molecule has 0 aliphatic carbocycles. The fraction of sp³-hybridized carbons (Fsp3) is 0.227. The zero-order chi connectivity index (χ0) is 20.8. The Hall–Kier alpha value is -3.53. The SMILES string of the molecule is CCc1ccc2nc(NCCCNC(=O)c3ccc(F)cc3F)c(C#N)cc2c1. The Bertz CT molecular complexity index is 1090. The van der Waals surface area contributed by atoms with Gasteiger partial charge in [0.15, 0.2) is 0 Å². The lowest BCUT2D eigenvalue weighted by molar-refractivity contribution is 0.0949. The van der Waals surface area contributed by atoms with Gasteiger partial charge in [0.25, 0.3) is 5.91 Å². The first kappa shape index (κ1) is 20.2. The van der Waals surface area contributed by atoms with Crippen molar-refractivity contribution in [2.75, 3.05) is 18.4 Å². The first-order valence-electron chi connectivity index (χ1n) is 9.32. The maximum Gasteiger partial charge on any atom is 0.254 e. The van der Waals surface area contributed by atoms with Gasteiger partial charge in [-0.3, -0.25) is 4.79 Å². The van der Waals surface area contributed by atoms with Crippen molar-refractivity contribution in [3.63, 3.8) is 0 Å². The van der Waals surface area contributed by atoms with Crippen molar-refractivity contribution < 1.29 is 13.6 Å². The molecule has 2 aromatic carbocycles. The van der Waals surface area contributed by atoms with Crippen LogP contribution in [-0.2, 0) is 6.42 Å². The van der Waals surface area contributed by atoms with Crippen LogP contribution < -0.4 is 10.6 Å². The highest BCUT2D eigenvalue weighted by molar-refractivity contribution is 5.94. The molecule has 0 aliphatic rings. The Kier molecular flexibility index (Phi) is 6.35. The number of anilines is 1. The van der Waals surface area contributed by atoms with Gasteiger partial charge in [-0.1, -0.05) is 13.0 Å². The lowest BCUT2D eigenvalue weighted by Crippen LogP contribution is -2.26. The number of nitriles is 1. The molecule has 0 saturated heterocycles. The number of rotatable bonds is 7. The highest BCUT2D eigenvalue weighted by atomic mass is 19.1. The molecule has 2 N–H and O–H groups in total. The lowest BCUT2D eigenvalue weighted by Gasteiger charge is -2.10. The normalized spacial score (nSPS) is 10.6. The molecular formula is C22H20F2N4O. The number of halogens is 2. The van der Waals surface area contributed by atoms with Gasteiger partial charge in [-0.25, -0.2) is 13.8 Å². The van der Waals surface area contributed by atoms with Crippen molar-refractivity contribution in [1.29, 1.82) is 5.26 Å². The zero-order valence-corrected chi connectivity index (χ0v) is 15.9. The molecule has 0 unspecified atom stereocenters. The predicted molar refractivity (Wildman–Crippen MR) is 108 cm³/mol. The smallest absolute Gasteiger partial charge is 0.254 e. The molecule has 7 heteroatoms. The fourth-order valence-electron chi connectivity index (χ4n) is 2.93. The summed E-state index contributed by atoms with van der Waals surface area (Å²) in [6, 6.07) is 12.7. The molecule has 5 nitrogen and oxygen atoms in total. The van der Waals surface area contributed by atoms with Crippen LogP contribution in [0.4, 0.5) is 14.6 Å². The highest BCUT2D eigenvalue weighted by Crippen LogP contribution is 2.21. The van der Waals surface area contributed by atoms with Crippen LogP contribution in [0, 0.1) is 23.0 Å². The first-order chi connectivity index (χ1) is 14.0. The first-order valence-corrected chi connectivity index (χ1v) is 9.32. The van der Waals surface area contributed by atoms with E-state index in [2.05, 4.69) is 28.6 Å². The van der Waals surface area contributed by atoms with Crippen LogP contribution >= 0.6 is 0 Å². The summed E-state index contributed by atoms with van der Waals surface area (Å²) in [6.45, 7) is 2.82. The number of aryl methyl sites for hydroxylation is 1. The van der Waals surface area contributed by atoms with Crippen molar-refractivity contribution in [1.82, 2.24) is 10.3 Å². The molecule has 0 saturated carbocycles. The molecule has 1 aromatic heterocycles. The minimum absolute atomic E-state index is 0.200. The molecule has 0 radical (unpaired) electrons.